The fourth-order valence-electron chi connectivity index (χ4n) is 1.66. The fraction of sp³-hybridized carbons (Fsp3) is 0.818. The minimum Gasteiger partial charge on any atom is -0.396 e. The van der Waals surface area contributed by atoms with Crippen LogP contribution in [0.3, 0.4) is 0 Å². The van der Waals surface area contributed by atoms with E-state index in [0.717, 1.165) is 13.0 Å². The van der Waals surface area contributed by atoms with E-state index >= 15 is 0 Å². The first-order chi connectivity index (χ1) is 6.33. The molecule has 0 bridgehead atoms. The van der Waals surface area contributed by atoms with Gasteiger partial charge in [-0.15, -0.1) is 0 Å². The third-order valence-electron chi connectivity index (χ3n) is 2.60. The summed E-state index contributed by atoms with van der Waals surface area (Å²) in [5.41, 5.74) is 0. The van der Waals surface area contributed by atoms with Crippen LogP contribution >= 0.6 is 0 Å². The van der Waals surface area contributed by atoms with Gasteiger partial charge in [-0.25, -0.2) is 0 Å². The van der Waals surface area contributed by atoms with Gasteiger partial charge < -0.3 is 10.4 Å². The van der Waals surface area contributed by atoms with Crippen LogP contribution in [0.5, 0.6) is 0 Å². The molecule has 0 spiro atoms. The van der Waals surface area contributed by atoms with Crippen LogP contribution in [0.1, 0.15) is 32.6 Å². The van der Waals surface area contributed by atoms with Gasteiger partial charge in [0.25, 0.3) is 0 Å². The molecule has 0 aromatic rings. The predicted octanol–water partition coefficient (Wildman–Crippen LogP) is 1.70. The lowest BCUT2D eigenvalue weighted by Crippen LogP contribution is -2.32. The molecule has 0 aromatic carbocycles. The molecule has 0 aliphatic heterocycles. The van der Waals surface area contributed by atoms with Crippen LogP contribution < -0.4 is 5.32 Å². The van der Waals surface area contributed by atoms with Crippen molar-refractivity contribution < 1.29 is 5.11 Å². The average Bonchev–Trinajstić information content (AvgIpc) is 2.17. The highest BCUT2D eigenvalue weighted by atomic mass is 16.3. The molecule has 2 heteroatoms. The van der Waals surface area contributed by atoms with Crippen molar-refractivity contribution in [3.63, 3.8) is 0 Å². The van der Waals surface area contributed by atoms with E-state index in [1.807, 2.05) is 0 Å². The lowest BCUT2D eigenvalue weighted by Gasteiger charge is -2.20. The smallest absolute Gasteiger partial charge is 0.0434 e. The molecule has 1 aliphatic rings. The van der Waals surface area contributed by atoms with Crippen molar-refractivity contribution in [2.24, 2.45) is 5.92 Å². The van der Waals surface area contributed by atoms with Gasteiger partial charge in [-0.2, -0.15) is 0 Å². The van der Waals surface area contributed by atoms with E-state index in [1.54, 1.807) is 0 Å². The number of aliphatic hydroxyl groups excluding tert-OH is 1. The van der Waals surface area contributed by atoms with Gasteiger partial charge in [-0.05, 0) is 38.1 Å². The topological polar surface area (TPSA) is 32.3 Å². The highest BCUT2D eigenvalue weighted by molar-refractivity contribution is 4.97. The molecule has 0 aromatic heterocycles. The third kappa shape index (κ3) is 4.44. The van der Waals surface area contributed by atoms with Gasteiger partial charge in [0.1, 0.15) is 0 Å². The second-order valence-electron chi connectivity index (χ2n) is 3.99. The molecule has 2 unspecified atom stereocenters. The summed E-state index contributed by atoms with van der Waals surface area (Å²) in [5.74, 6) is 0.584. The Morgan fingerprint density at radius 2 is 2.46 bits per heavy atom. The zero-order valence-corrected chi connectivity index (χ0v) is 8.50. The summed E-state index contributed by atoms with van der Waals surface area (Å²) >= 11 is 0. The molecular weight excluding hydrogens is 162 g/mol. The maximum atomic E-state index is 8.73. The molecule has 76 valence electrons. The van der Waals surface area contributed by atoms with Crippen LogP contribution in [0, 0.1) is 5.92 Å². The van der Waals surface area contributed by atoms with E-state index < -0.39 is 0 Å². The fourth-order valence-corrected chi connectivity index (χ4v) is 1.66. The molecule has 0 radical (unpaired) electrons. The SMILES string of the molecule is CC(CCO)CNC1C=CCCC1. The van der Waals surface area contributed by atoms with Gasteiger partial charge in [0.05, 0.1) is 0 Å². The van der Waals surface area contributed by atoms with Gasteiger partial charge in [-0.1, -0.05) is 19.1 Å². The first kappa shape index (κ1) is 10.7. The van der Waals surface area contributed by atoms with Crippen molar-refractivity contribution in [2.75, 3.05) is 13.2 Å². The first-order valence-electron chi connectivity index (χ1n) is 5.34. The van der Waals surface area contributed by atoms with Gasteiger partial charge in [0.2, 0.25) is 0 Å². The van der Waals surface area contributed by atoms with Crippen LogP contribution in [-0.4, -0.2) is 24.3 Å². The molecule has 1 rings (SSSR count). The Kier molecular flexibility index (Phi) is 5.09. The van der Waals surface area contributed by atoms with E-state index in [2.05, 4.69) is 24.4 Å². The summed E-state index contributed by atoms with van der Waals surface area (Å²) in [6.45, 7) is 3.51. The summed E-state index contributed by atoms with van der Waals surface area (Å²) in [6.07, 6.45) is 9.26. The van der Waals surface area contributed by atoms with Gasteiger partial charge >= 0.3 is 0 Å². The van der Waals surface area contributed by atoms with E-state index in [-0.39, 0.29) is 0 Å². The van der Waals surface area contributed by atoms with Crippen LogP contribution in [0.4, 0.5) is 0 Å². The van der Waals surface area contributed by atoms with Crippen LogP contribution in [0.2, 0.25) is 0 Å². The zero-order chi connectivity index (χ0) is 9.52. The van der Waals surface area contributed by atoms with E-state index in [4.69, 9.17) is 5.11 Å². The van der Waals surface area contributed by atoms with Crippen molar-refractivity contribution >= 4 is 0 Å². The second-order valence-corrected chi connectivity index (χ2v) is 3.99. The molecule has 1 aliphatic carbocycles. The van der Waals surface area contributed by atoms with Crippen LogP contribution in [0.25, 0.3) is 0 Å². The Labute approximate surface area is 81.0 Å². The van der Waals surface area contributed by atoms with Crippen LogP contribution in [0.15, 0.2) is 12.2 Å². The quantitative estimate of drug-likeness (QED) is 0.636. The van der Waals surface area contributed by atoms with E-state index in [0.29, 0.717) is 18.6 Å². The standard InChI is InChI=1S/C11H21NO/c1-10(7-8-13)9-12-11-5-3-2-4-6-11/h3,5,10-13H,2,4,6-9H2,1H3. The van der Waals surface area contributed by atoms with Crippen molar-refractivity contribution in [2.45, 2.75) is 38.6 Å². The average molecular weight is 183 g/mol. The number of rotatable bonds is 5. The van der Waals surface area contributed by atoms with E-state index in [9.17, 15) is 0 Å². The highest BCUT2D eigenvalue weighted by Gasteiger charge is 2.08. The minimum atomic E-state index is 0.309. The second kappa shape index (κ2) is 6.17. The number of hydrogen-bond acceptors (Lipinski definition) is 2. The summed E-state index contributed by atoms with van der Waals surface area (Å²) in [7, 11) is 0. The van der Waals surface area contributed by atoms with Gasteiger partial charge in [0, 0.05) is 12.6 Å². The normalized spacial score (nSPS) is 24.6. The Morgan fingerprint density at radius 3 is 3.08 bits per heavy atom. The lowest BCUT2D eigenvalue weighted by atomic mass is 10.0. The molecule has 0 amide bonds. The first-order valence-corrected chi connectivity index (χ1v) is 5.34. The third-order valence-corrected chi connectivity index (χ3v) is 2.60. The van der Waals surface area contributed by atoms with E-state index in [1.165, 1.54) is 19.3 Å². The maximum absolute atomic E-state index is 8.73. The lowest BCUT2D eigenvalue weighted by molar-refractivity contribution is 0.258. The number of hydrogen-bond donors (Lipinski definition) is 2. The highest BCUT2D eigenvalue weighted by Crippen LogP contribution is 2.10. The molecule has 2 atom stereocenters. The molecule has 0 fully saturated rings. The largest absolute Gasteiger partial charge is 0.396 e. The molecule has 2 N–H and O–H groups in total. The Bertz CT molecular complexity index is 156. The Morgan fingerprint density at radius 1 is 1.62 bits per heavy atom. The van der Waals surface area contributed by atoms with Crippen molar-refractivity contribution in [3.05, 3.63) is 12.2 Å². The number of allylic oxidation sites excluding steroid dienone is 1. The molecule has 0 saturated heterocycles. The molecule has 2 nitrogen and oxygen atoms in total. The predicted molar refractivity (Wildman–Crippen MR) is 55.6 cm³/mol. The zero-order valence-electron chi connectivity index (χ0n) is 8.50. The molecule has 13 heavy (non-hydrogen) atoms. The number of nitrogens with one attached hydrogen (secondary N) is 1. The van der Waals surface area contributed by atoms with Crippen molar-refractivity contribution in [3.8, 4) is 0 Å². The van der Waals surface area contributed by atoms with Gasteiger partial charge in [0.15, 0.2) is 0 Å². The summed E-state index contributed by atoms with van der Waals surface area (Å²) in [5, 5.41) is 12.2. The number of aliphatic hydroxyl groups is 1. The Hall–Kier alpha value is -0.340. The maximum Gasteiger partial charge on any atom is 0.0434 e. The van der Waals surface area contributed by atoms with Gasteiger partial charge in [-0.3, -0.25) is 0 Å². The van der Waals surface area contributed by atoms with Crippen molar-refractivity contribution in [1.29, 1.82) is 0 Å². The summed E-state index contributed by atoms with van der Waals surface area (Å²) in [6, 6.07) is 0.579. The Balaban J connectivity index is 2.10. The van der Waals surface area contributed by atoms with Crippen LogP contribution in [-0.2, 0) is 0 Å². The van der Waals surface area contributed by atoms with Crippen molar-refractivity contribution in [1.82, 2.24) is 5.32 Å². The molecule has 0 saturated carbocycles. The summed E-state index contributed by atoms with van der Waals surface area (Å²) in [4.78, 5) is 0. The monoisotopic (exact) mass is 183 g/mol. The molecule has 0 heterocycles. The minimum absolute atomic E-state index is 0.309. The summed E-state index contributed by atoms with van der Waals surface area (Å²) < 4.78 is 0. The molecular formula is C11H21NO.